The van der Waals surface area contributed by atoms with Crippen LogP contribution in [0.25, 0.3) is 26.5 Å². The number of anilines is 1. The summed E-state index contributed by atoms with van der Waals surface area (Å²) >= 11 is 1.69. The highest BCUT2D eigenvalue weighted by molar-refractivity contribution is 8.00. The molecule has 0 spiro atoms. The lowest BCUT2D eigenvalue weighted by Gasteiger charge is -2.35. The van der Waals surface area contributed by atoms with Gasteiger partial charge in [-0.2, -0.15) is 25.3 Å². The number of carbonyl (C=O) groups excluding carboxylic acids is 3. The fraction of sp³-hybridized carbons (Fsp3) is 0.231. The topological polar surface area (TPSA) is 260 Å². The zero-order chi connectivity index (χ0) is 46.4. The second-order valence-electron chi connectivity index (χ2n) is 15.9. The first-order valence-electron chi connectivity index (χ1n) is 18.5. The summed E-state index contributed by atoms with van der Waals surface area (Å²) in [6.07, 6.45) is -0.441. The number of nitrogens with zero attached hydrogens (tertiary/aromatic N) is 2. The third-order valence-electron chi connectivity index (χ3n) is 10.8. The van der Waals surface area contributed by atoms with E-state index in [9.17, 15) is 53.3 Å². The standard InChI is InChI=1S/C39H29F2N3O14S6/c1-38(2)19-9-30(62(48,49)50)60-35(19)15-7-17-24(12-22(15)42-38)57-25-13-23-16(36-20(39(3,4)43-23)10-31(61-36)63(51,52)53)8-18(25)32(17)33-34(41)26(11-21(40)37(33)64(54,55)56)59-14-29(47)58-44-27(45)5-6-28(44)46/h7-13,42H,5-6,14H2,1-4H3,(H,48,49,50)(H,51,52,53)(H,54,55,56). The number of carbonyl (C=O) groups is 3. The van der Waals surface area contributed by atoms with Crippen molar-refractivity contribution in [2.24, 2.45) is 4.99 Å². The van der Waals surface area contributed by atoms with Crippen LogP contribution in [0.5, 0.6) is 11.5 Å². The van der Waals surface area contributed by atoms with E-state index in [4.69, 9.17) is 14.6 Å². The van der Waals surface area contributed by atoms with Crippen molar-refractivity contribution in [3.8, 4) is 32.4 Å². The maximum atomic E-state index is 17.5. The van der Waals surface area contributed by atoms with Crippen LogP contribution in [-0.4, -0.2) is 67.5 Å². The van der Waals surface area contributed by atoms with Gasteiger partial charge in [0.15, 0.2) is 0 Å². The Hall–Kier alpha value is -5.12. The molecule has 334 valence electrons. The minimum Gasteiger partial charge on any atom is -0.456 e. The summed E-state index contributed by atoms with van der Waals surface area (Å²) < 4.78 is 146. The van der Waals surface area contributed by atoms with E-state index in [1.807, 2.05) is 0 Å². The highest BCUT2D eigenvalue weighted by Crippen LogP contribution is 2.53. The Bertz CT molecular complexity index is 3490. The molecule has 9 rings (SSSR count). The van der Waals surface area contributed by atoms with Crippen molar-refractivity contribution < 1.29 is 71.7 Å². The average Bonchev–Trinajstić information content (AvgIpc) is 3.92. The number of halogens is 2. The predicted molar refractivity (Wildman–Crippen MR) is 225 cm³/mol. The molecule has 4 N–H and O–H groups in total. The Kier molecular flexibility index (Phi) is 9.95. The van der Waals surface area contributed by atoms with Gasteiger partial charge in [0.05, 0.1) is 22.2 Å². The number of hydrogen-bond acceptors (Lipinski definition) is 16. The number of nitrogens with one attached hydrogen (secondary N) is 1. The molecule has 1 fully saturated rings. The van der Waals surface area contributed by atoms with Crippen molar-refractivity contribution in [2.75, 3.05) is 11.1 Å². The maximum absolute atomic E-state index is 17.5. The summed E-state index contributed by atoms with van der Waals surface area (Å²) in [5.41, 5.74) is -2.09. The molecule has 0 bridgehead atoms. The van der Waals surface area contributed by atoms with E-state index in [0.29, 0.717) is 62.2 Å². The summed E-state index contributed by atoms with van der Waals surface area (Å²) in [6, 6.07) is 8.55. The van der Waals surface area contributed by atoms with E-state index in [1.54, 1.807) is 27.7 Å². The quantitative estimate of drug-likeness (QED) is 0.0805. The lowest BCUT2D eigenvalue weighted by atomic mass is 9.84. The minimum absolute atomic E-state index is 0.0808. The van der Waals surface area contributed by atoms with Gasteiger partial charge >= 0.3 is 26.2 Å². The monoisotopic (exact) mass is 993 g/mol. The van der Waals surface area contributed by atoms with Crippen LogP contribution in [0.1, 0.15) is 62.8 Å². The Morgan fingerprint density at radius 3 is 2.05 bits per heavy atom. The van der Waals surface area contributed by atoms with Crippen LogP contribution in [0.4, 0.5) is 14.5 Å². The first-order valence-corrected chi connectivity index (χ1v) is 25.4. The first-order chi connectivity index (χ1) is 29.6. The van der Waals surface area contributed by atoms with Crippen molar-refractivity contribution >= 4 is 93.8 Å². The molecule has 64 heavy (non-hydrogen) atoms. The van der Waals surface area contributed by atoms with Crippen LogP contribution in [0.15, 0.2) is 65.7 Å². The predicted octanol–water partition coefficient (Wildman–Crippen LogP) is 5.74. The van der Waals surface area contributed by atoms with E-state index >= 15 is 8.78 Å². The second-order valence-corrected chi connectivity index (χ2v) is 23.7. The van der Waals surface area contributed by atoms with Gasteiger partial charge in [-0.25, -0.2) is 13.6 Å². The van der Waals surface area contributed by atoms with Crippen molar-refractivity contribution in [3.63, 3.8) is 0 Å². The zero-order valence-corrected chi connectivity index (χ0v) is 38.0. The molecule has 25 heteroatoms. The van der Waals surface area contributed by atoms with Gasteiger partial charge < -0.3 is 14.9 Å². The van der Waals surface area contributed by atoms with Gasteiger partial charge in [0, 0.05) is 78.4 Å². The molecular weight excluding hydrogens is 965 g/mol. The van der Waals surface area contributed by atoms with Gasteiger partial charge in [0.2, 0.25) is 0 Å². The average molecular weight is 994 g/mol. The summed E-state index contributed by atoms with van der Waals surface area (Å²) in [5.74, 6) is -7.00. The number of amides is 2. The molecule has 0 aliphatic carbocycles. The SMILES string of the molecule is CC1(C)N=c2cc3c(cc2-c2sc(S(=O)(=O)O)cc21)=C(c1c(F)c(SCC(=O)ON2C(=O)CCC2=O)cc(F)c1S(=O)(=O)O)c1cc2c(cc1O3)NC(C)(C)c1cc(S(=O)(=O)O)sc1-2. The zero-order valence-electron chi connectivity index (χ0n) is 33.1. The first kappa shape index (κ1) is 44.1. The second kappa shape index (κ2) is 14.4. The summed E-state index contributed by atoms with van der Waals surface area (Å²) in [4.78, 5) is 44.9. The van der Waals surface area contributed by atoms with Crippen LogP contribution >= 0.6 is 34.4 Å². The van der Waals surface area contributed by atoms with Crippen LogP contribution in [0.3, 0.4) is 0 Å². The van der Waals surface area contributed by atoms with E-state index in [2.05, 4.69) is 5.32 Å². The van der Waals surface area contributed by atoms with Gasteiger partial charge in [-0.3, -0.25) is 28.2 Å². The molecule has 0 radical (unpaired) electrons. The molecule has 0 saturated carbocycles. The highest BCUT2D eigenvalue weighted by Gasteiger charge is 2.40. The summed E-state index contributed by atoms with van der Waals surface area (Å²) in [5, 5.41) is 3.62. The molecule has 1 saturated heterocycles. The fourth-order valence-corrected chi connectivity index (χ4v) is 13.5. The van der Waals surface area contributed by atoms with Crippen LogP contribution in [-0.2, 0) is 60.7 Å². The van der Waals surface area contributed by atoms with E-state index in [-0.39, 0.29) is 61.5 Å². The number of thioether (sulfide) groups is 1. The van der Waals surface area contributed by atoms with E-state index in [1.165, 1.54) is 36.4 Å². The molecule has 5 aromatic rings. The Morgan fingerprint density at radius 2 is 1.44 bits per heavy atom. The lowest BCUT2D eigenvalue weighted by molar-refractivity contribution is -0.195. The molecule has 6 heterocycles. The van der Waals surface area contributed by atoms with Gasteiger partial charge in [0.25, 0.3) is 21.9 Å². The van der Waals surface area contributed by atoms with Gasteiger partial charge in [0.1, 0.15) is 36.4 Å². The Morgan fingerprint density at radius 1 is 0.828 bits per heavy atom. The van der Waals surface area contributed by atoms with Crippen molar-refractivity contribution in [3.05, 3.63) is 86.9 Å². The highest BCUT2D eigenvalue weighted by atomic mass is 32.3. The fourth-order valence-electron chi connectivity index (χ4n) is 7.97. The Balaban J connectivity index is 1.35. The van der Waals surface area contributed by atoms with Crippen LogP contribution in [0.2, 0.25) is 0 Å². The van der Waals surface area contributed by atoms with Crippen LogP contribution in [0, 0.1) is 11.6 Å². The third-order valence-corrected chi connectivity index (χ3v) is 17.6. The maximum Gasteiger partial charge on any atom is 0.343 e. The number of benzene rings is 3. The molecule has 17 nitrogen and oxygen atoms in total. The number of fused-ring (bicyclic) bond motifs is 8. The van der Waals surface area contributed by atoms with E-state index in [0.717, 1.165) is 0 Å². The molecular formula is C39H29F2N3O14S6. The number of hydrogen-bond donors (Lipinski definition) is 4. The molecule has 3 aromatic carbocycles. The molecule has 4 aliphatic heterocycles. The number of rotatable bonds is 8. The third kappa shape index (κ3) is 7.22. The van der Waals surface area contributed by atoms with E-state index < -0.39 is 106 Å². The van der Waals surface area contributed by atoms with Crippen molar-refractivity contribution in [1.82, 2.24) is 5.06 Å². The van der Waals surface area contributed by atoms with Crippen molar-refractivity contribution in [2.45, 2.75) is 69.8 Å². The molecule has 4 aliphatic rings. The van der Waals surface area contributed by atoms with Gasteiger partial charge in [-0.05, 0) is 69.2 Å². The number of hydroxylamine groups is 2. The number of ether oxygens (including phenoxy) is 1. The molecule has 2 aromatic heterocycles. The molecule has 0 unspecified atom stereocenters. The largest absolute Gasteiger partial charge is 0.456 e. The Labute approximate surface area is 373 Å². The molecule has 0 atom stereocenters. The van der Waals surface area contributed by atoms with Crippen LogP contribution < -0.4 is 20.6 Å². The summed E-state index contributed by atoms with van der Waals surface area (Å²) in [6.45, 7) is 6.84. The summed E-state index contributed by atoms with van der Waals surface area (Å²) in [7, 11) is -15.1. The van der Waals surface area contributed by atoms with Gasteiger partial charge in [-0.1, -0.05) is 0 Å². The normalized spacial score (nSPS) is 17.0. The number of imide groups is 1. The smallest absolute Gasteiger partial charge is 0.343 e. The number of thiophene rings is 2. The molecule has 2 amide bonds. The lowest BCUT2D eigenvalue weighted by Crippen LogP contribution is -2.32. The van der Waals surface area contributed by atoms with Gasteiger partial charge in [-0.15, -0.1) is 39.5 Å². The van der Waals surface area contributed by atoms with Crippen molar-refractivity contribution in [1.29, 1.82) is 0 Å². The minimum atomic E-state index is -5.68.